The molecule has 1 aliphatic rings. The number of aromatic amines is 1. The molecule has 1 aromatic heterocycles. The Morgan fingerprint density at radius 1 is 1.30 bits per heavy atom. The summed E-state index contributed by atoms with van der Waals surface area (Å²) in [5, 5.41) is 1.32. The lowest BCUT2D eigenvalue weighted by molar-refractivity contribution is 0.142. The van der Waals surface area contributed by atoms with Gasteiger partial charge in [-0.1, -0.05) is 24.3 Å². The van der Waals surface area contributed by atoms with Crippen LogP contribution in [0.5, 0.6) is 0 Å². The molecule has 1 aromatic carbocycles. The van der Waals surface area contributed by atoms with Gasteiger partial charge >= 0.3 is 0 Å². The number of para-hydroxylation sites is 1. The summed E-state index contributed by atoms with van der Waals surface area (Å²) in [6, 6.07) is 8.50. The normalized spacial score (nSPS) is 17.4. The van der Waals surface area contributed by atoms with Crippen LogP contribution in [-0.2, 0) is 0 Å². The Morgan fingerprint density at radius 2 is 2.10 bits per heavy atom. The first-order valence-corrected chi connectivity index (χ1v) is 7.32. The fourth-order valence-corrected chi connectivity index (χ4v) is 2.93. The minimum absolute atomic E-state index is 0.0856. The Kier molecular flexibility index (Phi) is 3.40. The summed E-state index contributed by atoms with van der Waals surface area (Å²) in [5.74, 6) is 0. The molecule has 0 amide bonds. The molecule has 0 aliphatic carbocycles. The van der Waals surface area contributed by atoms with Crippen molar-refractivity contribution in [1.82, 2.24) is 9.88 Å². The molecule has 3 rings (SSSR count). The molecule has 20 heavy (non-hydrogen) atoms. The Bertz CT molecular complexity index is 636. The van der Waals surface area contributed by atoms with E-state index in [0.29, 0.717) is 6.54 Å². The van der Waals surface area contributed by atoms with E-state index in [-0.39, 0.29) is 5.54 Å². The minimum Gasteiger partial charge on any atom is -0.361 e. The second kappa shape index (κ2) is 5.08. The van der Waals surface area contributed by atoms with Crippen molar-refractivity contribution < 1.29 is 0 Å². The molecule has 0 unspecified atom stereocenters. The number of hydrogen-bond acceptors (Lipinski definition) is 2. The molecular formula is C17H23N3. The predicted molar refractivity (Wildman–Crippen MR) is 85.6 cm³/mol. The van der Waals surface area contributed by atoms with Gasteiger partial charge in [0.15, 0.2) is 0 Å². The zero-order chi connectivity index (χ0) is 14.2. The predicted octanol–water partition coefficient (Wildman–Crippen LogP) is 2.99. The van der Waals surface area contributed by atoms with Crippen LogP contribution in [0.25, 0.3) is 16.5 Å². The Labute approximate surface area is 120 Å². The Balaban J connectivity index is 1.87. The lowest BCUT2D eigenvalue weighted by atomic mass is 9.95. The summed E-state index contributed by atoms with van der Waals surface area (Å²) in [4.78, 5) is 5.83. The topological polar surface area (TPSA) is 45.0 Å². The molecule has 1 aliphatic heterocycles. The third kappa shape index (κ3) is 2.28. The van der Waals surface area contributed by atoms with E-state index in [9.17, 15) is 0 Å². The largest absolute Gasteiger partial charge is 0.361 e. The van der Waals surface area contributed by atoms with E-state index in [1.807, 2.05) is 0 Å². The third-order valence-electron chi connectivity index (χ3n) is 4.50. The molecule has 2 heterocycles. The molecule has 0 saturated carbocycles. The number of nitrogens with two attached hydrogens (primary N) is 1. The molecule has 106 valence electrons. The highest BCUT2D eigenvalue weighted by molar-refractivity contribution is 5.92. The van der Waals surface area contributed by atoms with Crippen LogP contribution < -0.4 is 5.73 Å². The first kappa shape index (κ1) is 13.4. The Morgan fingerprint density at radius 3 is 2.80 bits per heavy atom. The molecule has 0 bridgehead atoms. The van der Waals surface area contributed by atoms with E-state index in [0.717, 1.165) is 19.5 Å². The maximum absolute atomic E-state index is 5.87. The van der Waals surface area contributed by atoms with Crippen LogP contribution in [-0.4, -0.2) is 35.1 Å². The molecule has 0 spiro atoms. The zero-order valence-corrected chi connectivity index (χ0v) is 12.3. The number of hydrogen-bond donors (Lipinski definition) is 2. The van der Waals surface area contributed by atoms with Gasteiger partial charge in [-0.2, -0.15) is 0 Å². The number of nitrogens with one attached hydrogen (secondary N) is 1. The average Bonchev–Trinajstić information content (AvgIpc) is 2.91. The molecular weight excluding hydrogens is 246 g/mol. The third-order valence-corrected chi connectivity index (χ3v) is 4.50. The number of nitrogens with zero attached hydrogens (tertiary/aromatic N) is 1. The van der Waals surface area contributed by atoms with Crippen LogP contribution in [0.3, 0.4) is 0 Å². The highest BCUT2D eigenvalue weighted by atomic mass is 15.2. The number of aromatic nitrogens is 1. The van der Waals surface area contributed by atoms with Crippen molar-refractivity contribution in [2.45, 2.75) is 25.8 Å². The van der Waals surface area contributed by atoms with Crippen LogP contribution in [0, 0.1) is 0 Å². The molecule has 3 nitrogen and oxygen atoms in total. The van der Waals surface area contributed by atoms with Crippen LogP contribution >= 0.6 is 0 Å². The van der Waals surface area contributed by atoms with Gasteiger partial charge in [-0.05, 0) is 31.9 Å². The minimum atomic E-state index is 0.0856. The molecule has 3 heteroatoms. The van der Waals surface area contributed by atoms with E-state index in [2.05, 4.69) is 60.3 Å². The first-order chi connectivity index (χ1) is 9.62. The number of rotatable bonds is 3. The Hall–Kier alpha value is -1.58. The second-order valence-corrected chi connectivity index (χ2v) is 6.19. The highest BCUT2D eigenvalue weighted by Crippen LogP contribution is 2.30. The summed E-state index contributed by atoms with van der Waals surface area (Å²) in [7, 11) is 0. The second-order valence-electron chi connectivity index (χ2n) is 6.19. The fourth-order valence-electron chi connectivity index (χ4n) is 2.93. The van der Waals surface area contributed by atoms with Crippen molar-refractivity contribution >= 4 is 16.5 Å². The number of benzene rings is 1. The van der Waals surface area contributed by atoms with Crippen molar-refractivity contribution in [2.75, 3.05) is 19.6 Å². The van der Waals surface area contributed by atoms with Crippen LogP contribution in [0.4, 0.5) is 0 Å². The van der Waals surface area contributed by atoms with Crippen molar-refractivity contribution in [1.29, 1.82) is 0 Å². The van der Waals surface area contributed by atoms with Crippen molar-refractivity contribution in [3.05, 3.63) is 42.1 Å². The van der Waals surface area contributed by atoms with Gasteiger partial charge in [-0.15, -0.1) is 0 Å². The van der Waals surface area contributed by atoms with Gasteiger partial charge in [0, 0.05) is 47.8 Å². The summed E-state index contributed by atoms with van der Waals surface area (Å²) in [5.41, 5.74) is 9.98. The fraction of sp³-hybridized carbons (Fsp3) is 0.412. The van der Waals surface area contributed by atoms with Gasteiger partial charge in [-0.25, -0.2) is 0 Å². The summed E-state index contributed by atoms with van der Waals surface area (Å²) < 4.78 is 0. The SMILES string of the molecule is CC(C)(CN)N1CC=C(c2c[nH]c3ccccc23)CC1. The molecule has 0 radical (unpaired) electrons. The van der Waals surface area contributed by atoms with E-state index in [4.69, 9.17) is 5.73 Å². The molecule has 0 atom stereocenters. The van der Waals surface area contributed by atoms with E-state index in [1.165, 1.54) is 22.0 Å². The first-order valence-electron chi connectivity index (χ1n) is 7.32. The smallest absolute Gasteiger partial charge is 0.0460 e. The van der Waals surface area contributed by atoms with Gasteiger partial charge in [0.25, 0.3) is 0 Å². The van der Waals surface area contributed by atoms with Gasteiger partial charge in [-0.3, -0.25) is 4.90 Å². The lowest BCUT2D eigenvalue weighted by Crippen LogP contribution is -2.50. The summed E-state index contributed by atoms with van der Waals surface area (Å²) in [6.07, 6.45) is 5.59. The quantitative estimate of drug-likeness (QED) is 0.899. The van der Waals surface area contributed by atoms with Crippen LogP contribution in [0.15, 0.2) is 36.5 Å². The zero-order valence-electron chi connectivity index (χ0n) is 12.3. The van der Waals surface area contributed by atoms with Crippen molar-refractivity contribution in [3.63, 3.8) is 0 Å². The van der Waals surface area contributed by atoms with E-state index >= 15 is 0 Å². The molecule has 2 aromatic rings. The van der Waals surface area contributed by atoms with Crippen LogP contribution in [0.1, 0.15) is 25.8 Å². The molecule has 0 saturated heterocycles. The lowest BCUT2D eigenvalue weighted by Gasteiger charge is -2.39. The van der Waals surface area contributed by atoms with Gasteiger partial charge in [0.1, 0.15) is 0 Å². The summed E-state index contributed by atoms with van der Waals surface area (Å²) >= 11 is 0. The van der Waals surface area contributed by atoms with Crippen molar-refractivity contribution in [3.8, 4) is 0 Å². The van der Waals surface area contributed by atoms with E-state index < -0.39 is 0 Å². The van der Waals surface area contributed by atoms with Crippen molar-refractivity contribution in [2.24, 2.45) is 5.73 Å². The molecule has 3 N–H and O–H groups in total. The van der Waals surface area contributed by atoms with Gasteiger partial charge in [0.05, 0.1) is 0 Å². The number of fused-ring (bicyclic) bond motifs is 1. The number of H-pyrrole nitrogens is 1. The van der Waals surface area contributed by atoms with E-state index in [1.54, 1.807) is 0 Å². The highest BCUT2D eigenvalue weighted by Gasteiger charge is 2.26. The standard InChI is InChI=1S/C17H23N3/c1-17(2,12-18)20-9-7-13(8-10-20)15-11-19-16-6-4-3-5-14(15)16/h3-7,11,19H,8-10,12,18H2,1-2H3. The average molecular weight is 269 g/mol. The van der Waals surface area contributed by atoms with Gasteiger partial charge < -0.3 is 10.7 Å². The molecule has 0 fully saturated rings. The summed E-state index contributed by atoms with van der Waals surface area (Å²) in [6.45, 7) is 7.20. The van der Waals surface area contributed by atoms with Crippen LogP contribution in [0.2, 0.25) is 0 Å². The maximum Gasteiger partial charge on any atom is 0.0460 e. The van der Waals surface area contributed by atoms with Gasteiger partial charge in [0.2, 0.25) is 0 Å². The monoisotopic (exact) mass is 269 g/mol. The maximum atomic E-state index is 5.87.